The quantitative estimate of drug-likeness (QED) is 0.0800. The molecule has 8 aromatic rings. The SMILES string of the molecule is C1CCOC1.C1CCOC1.[Ce+4].[Ce+4].[O-]Cc1c(F)c(F)c(F)c(F)c1F.[O-]Cc1c(F)c(F)c(F)c(F)c1F.[O-]Cc1c(F)c(F)c(F)c(F)c1F.[O-]Cc1c(F)c(F)c(F)c(F)c1F.[O-]Cc1c(F)c(F)c(F)c(F)c1F.[O-]Cc1c(F)c(F)c(F)c(F)c1F.[O-]Cc1c(F)c(F)c(F)c(F)c1F.[O-]Cc1c(F)c(F)c(F)c(F)c1F. The summed E-state index contributed by atoms with van der Waals surface area (Å²) >= 11 is 0. The average molecular weight is 2000 g/mol. The molecule has 10 rings (SSSR count). The Labute approximate surface area is 687 Å². The predicted octanol–water partition coefficient (Wildman–Crippen LogP) is 11.5. The molecule has 0 saturated carbocycles. The van der Waals surface area contributed by atoms with Crippen LogP contribution < -0.4 is 40.9 Å². The number of halogens is 40. The smallest absolute Gasteiger partial charge is 0.851 e. The Morgan fingerprint density at radius 1 is 0.129 bits per heavy atom. The van der Waals surface area contributed by atoms with Gasteiger partial charge in [-0.25, -0.2) is 176 Å². The molecule has 2 saturated heterocycles. The van der Waals surface area contributed by atoms with E-state index in [9.17, 15) is 216 Å². The van der Waals surface area contributed by atoms with E-state index in [-0.39, 0.29) is 83.5 Å². The summed E-state index contributed by atoms with van der Waals surface area (Å²) < 4.78 is 505. The number of hydrogen-bond donors (Lipinski definition) is 0. The van der Waals surface area contributed by atoms with Gasteiger partial charge in [-0.1, -0.05) is 0 Å². The number of ether oxygens (including phenoxy) is 2. The van der Waals surface area contributed by atoms with Gasteiger partial charge in [-0.3, -0.25) is 0 Å². The minimum atomic E-state index is -2.26. The first-order chi connectivity index (χ1) is 53.0. The number of rotatable bonds is 8. The fraction of sp³-hybridized carbons (Fsp3) is 0.250. The van der Waals surface area contributed by atoms with Crippen LogP contribution in [-0.2, 0) is 62.3 Å². The molecule has 0 bridgehead atoms. The van der Waals surface area contributed by atoms with Crippen molar-refractivity contribution in [1.82, 2.24) is 0 Å². The van der Waals surface area contributed by atoms with E-state index in [1.807, 2.05) is 0 Å². The van der Waals surface area contributed by atoms with Crippen molar-refractivity contribution >= 4 is 0 Å². The topological polar surface area (TPSA) is 203 Å². The van der Waals surface area contributed by atoms with Gasteiger partial charge in [0.1, 0.15) is 0 Å². The Balaban J connectivity index is 0. The molecule has 0 aromatic heterocycles. The van der Waals surface area contributed by atoms with E-state index in [0.717, 1.165) is 26.4 Å². The molecular formula is C64H32Ce2F40O10. The van der Waals surface area contributed by atoms with Crippen LogP contribution in [0.5, 0.6) is 0 Å². The minimum absolute atomic E-state index is 0. The first kappa shape index (κ1) is 111. The number of hydrogen-bond acceptors (Lipinski definition) is 10. The van der Waals surface area contributed by atoms with Crippen molar-refractivity contribution in [2.24, 2.45) is 0 Å². The largest absolute Gasteiger partial charge is 4.00 e. The first-order valence-corrected chi connectivity index (χ1v) is 28.9. The van der Waals surface area contributed by atoms with Gasteiger partial charge in [0.15, 0.2) is 186 Å². The third kappa shape index (κ3) is 27.2. The molecule has 0 amide bonds. The Morgan fingerprint density at radius 2 is 0.190 bits per heavy atom. The predicted molar refractivity (Wildman–Crippen MR) is 280 cm³/mol. The van der Waals surface area contributed by atoms with Crippen LogP contribution >= 0.6 is 0 Å². The number of benzene rings is 8. The van der Waals surface area contributed by atoms with Crippen molar-refractivity contribution in [3.8, 4) is 0 Å². The van der Waals surface area contributed by atoms with Crippen LogP contribution in [0, 0.1) is 316 Å². The summed E-state index contributed by atoms with van der Waals surface area (Å²) in [5, 5.41) is 80.4. The fourth-order valence-electron chi connectivity index (χ4n) is 7.24. The molecule has 52 heteroatoms. The zero-order valence-corrected chi connectivity index (χ0v) is 61.8. The fourth-order valence-corrected chi connectivity index (χ4v) is 7.24. The Hall–Kier alpha value is -6.69. The van der Waals surface area contributed by atoms with E-state index in [1.54, 1.807) is 0 Å². The third-order valence-electron chi connectivity index (χ3n) is 13.2. The van der Waals surface area contributed by atoms with Crippen LogP contribution in [0.25, 0.3) is 0 Å². The second kappa shape index (κ2) is 51.7. The summed E-state index contributed by atoms with van der Waals surface area (Å²) in [6.07, 6.45) is 5.11. The van der Waals surface area contributed by atoms with Crippen LogP contribution in [0.3, 0.4) is 0 Å². The van der Waals surface area contributed by atoms with Gasteiger partial charge < -0.3 is 50.3 Å². The molecule has 0 unspecified atom stereocenters. The van der Waals surface area contributed by atoms with Gasteiger partial charge in [0, 0.05) is 70.9 Å². The molecule has 10 nitrogen and oxygen atoms in total. The van der Waals surface area contributed by atoms with E-state index in [1.165, 1.54) is 25.7 Å². The standard InChI is InChI=1S/8C7H2F5O.2C4H8O.2Ce/c8*8-3-2(1-13)4(9)6(11)7(12)5(3)10;2*1-2-4-5-3-1;;/h8*1H2;2*1-4H2;;/q8*-1;;;2*+4. The Morgan fingerprint density at radius 3 is 0.233 bits per heavy atom. The van der Waals surface area contributed by atoms with Gasteiger partial charge >= 0.3 is 83.5 Å². The summed E-state index contributed by atoms with van der Waals surface area (Å²) in [4.78, 5) is 0. The maximum Gasteiger partial charge on any atom is 4.00 e. The molecule has 0 aliphatic carbocycles. The first-order valence-electron chi connectivity index (χ1n) is 28.9. The van der Waals surface area contributed by atoms with Gasteiger partial charge in [0.25, 0.3) is 0 Å². The zero-order valence-electron chi connectivity index (χ0n) is 55.5. The Bertz CT molecular complexity index is 3580. The second-order valence-electron chi connectivity index (χ2n) is 20.2. The summed E-state index contributed by atoms with van der Waals surface area (Å²) in [6, 6.07) is 0. The maximum absolute atomic E-state index is 12.5. The van der Waals surface area contributed by atoms with Crippen LogP contribution in [0.1, 0.15) is 70.2 Å². The molecule has 2 heterocycles. The summed E-state index contributed by atoms with van der Waals surface area (Å²) in [5.41, 5.74) is -10.7. The van der Waals surface area contributed by atoms with Crippen molar-refractivity contribution in [2.75, 3.05) is 26.4 Å². The average Bonchev–Trinajstić information content (AvgIpc) is 1.15. The molecule has 116 heavy (non-hydrogen) atoms. The van der Waals surface area contributed by atoms with E-state index < -0.39 is 330 Å². The molecule has 0 spiro atoms. The van der Waals surface area contributed by atoms with Crippen LogP contribution in [-0.4, -0.2) is 26.4 Å². The molecule has 2 aliphatic rings. The summed E-state index contributed by atoms with van der Waals surface area (Å²) in [5.74, 6) is -84.6. The van der Waals surface area contributed by atoms with Crippen LogP contribution in [0.2, 0.25) is 0 Å². The van der Waals surface area contributed by atoms with Gasteiger partial charge in [-0.05, 0) is 25.7 Å². The van der Waals surface area contributed by atoms with Crippen molar-refractivity contribution in [1.29, 1.82) is 0 Å². The zero-order chi connectivity index (χ0) is 88.4. The molecular weight excluding hydrogens is 1970 g/mol. The minimum Gasteiger partial charge on any atom is -0.851 e. The van der Waals surface area contributed by atoms with Crippen molar-refractivity contribution in [3.05, 3.63) is 277 Å². The third-order valence-corrected chi connectivity index (χ3v) is 13.2. The van der Waals surface area contributed by atoms with Crippen molar-refractivity contribution in [2.45, 2.75) is 78.5 Å². The van der Waals surface area contributed by atoms with Gasteiger partial charge in [-0.15, -0.1) is 52.9 Å². The molecule has 0 N–H and O–H groups in total. The van der Waals surface area contributed by atoms with Crippen LogP contribution in [0.15, 0.2) is 0 Å². The van der Waals surface area contributed by atoms with Gasteiger partial charge in [0.2, 0.25) is 46.5 Å². The van der Waals surface area contributed by atoms with Gasteiger partial charge in [-0.2, -0.15) is 0 Å². The molecule has 0 atom stereocenters. The molecule has 2 fully saturated rings. The van der Waals surface area contributed by atoms with Crippen molar-refractivity contribution in [3.63, 3.8) is 0 Å². The molecule has 636 valence electrons. The maximum atomic E-state index is 12.5. The molecule has 0 radical (unpaired) electrons. The van der Waals surface area contributed by atoms with E-state index >= 15 is 0 Å². The normalized spacial score (nSPS) is 11.6. The van der Waals surface area contributed by atoms with E-state index in [0.29, 0.717) is 0 Å². The van der Waals surface area contributed by atoms with Gasteiger partial charge in [0.05, 0.1) is 0 Å². The molecule has 2 aliphatic heterocycles. The van der Waals surface area contributed by atoms with E-state index in [2.05, 4.69) is 0 Å². The summed E-state index contributed by atoms with van der Waals surface area (Å²) in [6.45, 7) is -7.95. The second-order valence-corrected chi connectivity index (χ2v) is 20.2. The monoisotopic (exact) mass is 2000 g/mol. The van der Waals surface area contributed by atoms with Crippen molar-refractivity contribution < 1.29 is 309 Å². The Kier molecular flexibility index (Phi) is 49.6. The molecule has 8 aromatic carbocycles. The van der Waals surface area contributed by atoms with E-state index in [4.69, 9.17) is 9.47 Å². The summed E-state index contributed by atoms with van der Waals surface area (Å²) in [7, 11) is 0. The van der Waals surface area contributed by atoms with Crippen LogP contribution in [0.4, 0.5) is 176 Å².